The Kier molecular flexibility index (Phi) is 7.41. The van der Waals surface area contributed by atoms with Crippen molar-refractivity contribution in [3.05, 3.63) is 194 Å². The lowest BCUT2D eigenvalue weighted by molar-refractivity contribution is 0.669. The molecule has 9 aromatic carbocycles. The van der Waals surface area contributed by atoms with Crippen molar-refractivity contribution < 1.29 is 4.42 Å². The van der Waals surface area contributed by atoms with Crippen LogP contribution in [-0.4, -0.2) is 19.5 Å². The van der Waals surface area contributed by atoms with Gasteiger partial charge < -0.3 is 8.98 Å². The zero-order valence-corrected chi connectivity index (χ0v) is 33.4. The Bertz CT molecular complexity index is 3900. The third kappa shape index (κ3) is 5.29. The van der Waals surface area contributed by atoms with Crippen molar-refractivity contribution in [1.82, 2.24) is 19.5 Å². The molecule has 0 aliphatic rings. The van der Waals surface area contributed by atoms with Gasteiger partial charge in [-0.2, -0.15) is 0 Å². The lowest BCUT2D eigenvalue weighted by Crippen LogP contribution is -2.02. The minimum absolute atomic E-state index is 0.554. The molecular formula is C55H32N4OS. The molecule has 6 heteroatoms. The topological polar surface area (TPSA) is 56.7 Å². The average molecular weight is 797 g/mol. The van der Waals surface area contributed by atoms with Gasteiger partial charge in [0.2, 0.25) is 0 Å². The highest BCUT2D eigenvalue weighted by atomic mass is 32.1. The van der Waals surface area contributed by atoms with Crippen LogP contribution in [0.15, 0.2) is 199 Å². The zero-order valence-electron chi connectivity index (χ0n) is 32.6. The van der Waals surface area contributed by atoms with E-state index < -0.39 is 0 Å². The van der Waals surface area contributed by atoms with Crippen LogP contribution in [-0.2, 0) is 0 Å². The highest BCUT2D eigenvalue weighted by Gasteiger charge is 2.22. The molecule has 0 bridgehead atoms. The second-order valence-electron chi connectivity index (χ2n) is 15.5. The number of thiophene rings is 1. The lowest BCUT2D eigenvalue weighted by Gasteiger charge is -2.16. The van der Waals surface area contributed by atoms with Gasteiger partial charge in [0.25, 0.3) is 0 Å². The molecule has 4 heterocycles. The Morgan fingerprint density at radius 3 is 1.92 bits per heavy atom. The van der Waals surface area contributed by atoms with Crippen LogP contribution in [0.5, 0.6) is 0 Å². The van der Waals surface area contributed by atoms with Crippen LogP contribution in [0.4, 0.5) is 0 Å². The van der Waals surface area contributed by atoms with Gasteiger partial charge in [0, 0.05) is 64.1 Å². The Balaban J connectivity index is 1.11. The third-order valence-corrected chi connectivity index (χ3v) is 13.3. The molecule has 0 saturated carbocycles. The third-order valence-electron chi connectivity index (χ3n) is 12.0. The molecule has 0 aliphatic carbocycles. The second kappa shape index (κ2) is 13.3. The molecule has 61 heavy (non-hydrogen) atoms. The monoisotopic (exact) mass is 796 g/mol. The maximum atomic E-state index is 6.55. The SMILES string of the molecule is c1ccc(-c2nc(-c3ccc(-n4c5ccccc5c5cc6ccccc6cc54)cc3-c3cccc4c3sc3ccccc34)nc(-c3cccc4c3oc3ccccc34)n2)cc1. The van der Waals surface area contributed by atoms with E-state index in [1.807, 2.05) is 53.8 Å². The van der Waals surface area contributed by atoms with Crippen molar-refractivity contribution in [2.45, 2.75) is 0 Å². The minimum atomic E-state index is 0.554. The molecule has 284 valence electrons. The molecule has 0 amide bonds. The first-order valence-corrected chi connectivity index (χ1v) is 21.2. The molecule has 0 unspecified atom stereocenters. The zero-order chi connectivity index (χ0) is 40.0. The Hall–Kier alpha value is -7.93. The first-order chi connectivity index (χ1) is 30.2. The van der Waals surface area contributed by atoms with E-state index in [1.165, 1.54) is 41.7 Å². The number of fused-ring (bicyclic) bond motifs is 10. The smallest absolute Gasteiger partial charge is 0.167 e. The van der Waals surface area contributed by atoms with Crippen molar-refractivity contribution in [3.8, 4) is 51.0 Å². The fraction of sp³-hybridized carbons (Fsp3) is 0. The van der Waals surface area contributed by atoms with Gasteiger partial charge in [0.05, 0.1) is 16.6 Å². The predicted molar refractivity (Wildman–Crippen MR) is 254 cm³/mol. The van der Waals surface area contributed by atoms with Crippen LogP contribution in [0.1, 0.15) is 0 Å². The lowest BCUT2D eigenvalue weighted by atomic mass is 9.96. The van der Waals surface area contributed by atoms with Gasteiger partial charge in [0.15, 0.2) is 17.5 Å². The summed E-state index contributed by atoms with van der Waals surface area (Å²) in [4.78, 5) is 15.8. The van der Waals surface area contributed by atoms with E-state index in [2.05, 4.69) is 156 Å². The van der Waals surface area contributed by atoms with E-state index in [-0.39, 0.29) is 0 Å². The van der Waals surface area contributed by atoms with E-state index in [0.717, 1.165) is 66.5 Å². The van der Waals surface area contributed by atoms with Crippen LogP contribution in [0.2, 0.25) is 0 Å². The summed E-state index contributed by atoms with van der Waals surface area (Å²) < 4.78 is 11.4. The Morgan fingerprint density at radius 2 is 1.05 bits per heavy atom. The van der Waals surface area contributed by atoms with Crippen LogP contribution in [0, 0.1) is 0 Å². The summed E-state index contributed by atoms with van der Waals surface area (Å²) >= 11 is 1.83. The van der Waals surface area contributed by atoms with Gasteiger partial charge >= 0.3 is 0 Å². The molecule has 0 atom stereocenters. The van der Waals surface area contributed by atoms with E-state index in [9.17, 15) is 0 Å². The maximum absolute atomic E-state index is 6.55. The molecule has 0 saturated heterocycles. The van der Waals surface area contributed by atoms with Crippen molar-refractivity contribution >= 4 is 86.0 Å². The fourth-order valence-corrected chi connectivity index (χ4v) is 10.5. The normalized spacial score (nSPS) is 11.9. The van der Waals surface area contributed by atoms with Gasteiger partial charge in [-0.1, -0.05) is 140 Å². The number of benzene rings is 9. The Labute approximate surface area is 353 Å². The number of rotatable bonds is 5. The highest BCUT2D eigenvalue weighted by molar-refractivity contribution is 7.26. The largest absolute Gasteiger partial charge is 0.455 e. The molecule has 0 spiro atoms. The van der Waals surface area contributed by atoms with Gasteiger partial charge in [0.1, 0.15) is 11.2 Å². The molecule has 5 nitrogen and oxygen atoms in total. The quantitative estimate of drug-likeness (QED) is 0.174. The van der Waals surface area contributed by atoms with Crippen LogP contribution in [0.25, 0.3) is 126 Å². The van der Waals surface area contributed by atoms with Crippen molar-refractivity contribution in [1.29, 1.82) is 0 Å². The summed E-state index contributed by atoms with van der Waals surface area (Å²) in [6.07, 6.45) is 0. The molecule has 4 aromatic heterocycles. The number of nitrogens with zero attached hydrogens (tertiary/aromatic N) is 4. The summed E-state index contributed by atoms with van der Waals surface area (Å²) in [7, 11) is 0. The van der Waals surface area contributed by atoms with Gasteiger partial charge in [-0.3, -0.25) is 0 Å². The molecule has 0 fully saturated rings. The number of para-hydroxylation sites is 3. The first-order valence-electron chi connectivity index (χ1n) is 20.4. The van der Waals surface area contributed by atoms with Crippen molar-refractivity contribution in [2.24, 2.45) is 0 Å². The van der Waals surface area contributed by atoms with Crippen molar-refractivity contribution in [2.75, 3.05) is 0 Å². The van der Waals surface area contributed by atoms with Crippen LogP contribution in [0.3, 0.4) is 0 Å². The molecular weight excluding hydrogens is 765 g/mol. The molecule has 13 rings (SSSR count). The number of aromatic nitrogens is 4. The molecule has 0 radical (unpaired) electrons. The van der Waals surface area contributed by atoms with E-state index in [1.54, 1.807) is 0 Å². The fourth-order valence-electron chi connectivity index (χ4n) is 9.24. The maximum Gasteiger partial charge on any atom is 0.167 e. The predicted octanol–water partition coefficient (Wildman–Crippen LogP) is 15.1. The standard InChI is InChI=1S/C55H32N4OS/c1-2-14-33(15-3-1)53-56-54(58-55(57-53)44-24-12-21-40-38-19-7-10-26-49(38)60-51(40)44)43-29-28-36(32-45(43)42-23-13-22-41-39-20-8-11-27-50(39)61-52(41)42)59-47-25-9-6-18-37(47)46-30-34-16-4-5-17-35(34)31-48(46)59/h1-32H. The average Bonchev–Trinajstić information content (AvgIpc) is 4.00. The van der Waals surface area contributed by atoms with E-state index >= 15 is 0 Å². The van der Waals surface area contributed by atoms with Gasteiger partial charge in [-0.25, -0.2) is 15.0 Å². The highest BCUT2D eigenvalue weighted by Crippen LogP contribution is 2.45. The van der Waals surface area contributed by atoms with E-state index in [0.29, 0.717) is 17.5 Å². The number of hydrogen-bond donors (Lipinski definition) is 0. The molecule has 13 aromatic rings. The van der Waals surface area contributed by atoms with Crippen LogP contribution >= 0.6 is 11.3 Å². The van der Waals surface area contributed by atoms with Gasteiger partial charge in [-0.15, -0.1) is 11.3 Å². The van der Waals surface area contributed by atoms with Crippen LogP contribution < -0.4 is 0 Å². The summed E-state index contributed by atoms with van der Waals surface area (Å²) in [6.45, 7) is 0. The molecule has 0 N–H and O–H groups in total. The molecule has 0 aliphatic heterocycles. The van der Waals surface area contributed by atoms with Gasteiger partial charge in [-0.05, 0) is 70.9 Å². The van der Waals surface area contributed by atoms with Crippen molar-refractivity contribution in [3.63, 3.8) is 0 Å². The Morgan fingerprint density at radius 1 is 0.393 bits per heavy atom. The summed E-state index contributed by atoms with van der Waals surface area (Å²) in [6, 6.07) is 68.6. The summed E-state index contributed by atoms with van der Waals surface area (Å²) in [5.74, 6) is 1.74. The second-order valence-corrected chi connectivity index (χ2v) is 16.6. The minimum Gasteiger partial charge on any atom is -0.455 e. The number of hydrogen-bond acceptors (Lipinski definition) is 5. The first kappa shape index (κ1) is 34.0. The summed E-state index contributed by atoms with van der Waals surface area (Å²) in [5.41, 5.74) is 9.76. The number of furan rings is 1. The summed E-state index contributed by atoms with van der Waals surface area (Å²) in [5, 5.41) is 9.44. The van der Waals surface area contributed by atoms with E-state index in [4.69, 9.17) is 19.4 Å².